The molecule has 0 aliphatic carbocycles. The van der Waals surface area contributed by atoms with Crippen molar-refractivity contribution in [2.24, 2.45) is 0 Å². The molecular formula is C9H10N2S. The Bertz CT molecular complexity index is 406. The average Bonchev–Trinajstić information content (AvgIpc) is 2.47. The highest BCUT2D eigenvalue weighted by Crippen LogP contribution is 2.16. The Morgan fingerprint density at radius 1 is 1.50 bits per heavy atom. The van der Waals surface area contributed by atoms with E-state index in [1.54, 1.807) is 11.8 Å². The lowest BCUT2D eigenvalue weighted by atomic mass is 10.4. The molecule has 0 atom stereocenters. The summed E-state index contributed by atoms with van der Waals surface area (Å²) in [6, 6.07) is 4.20. The van der Waals surface area contributed by atoms with E-state index in [0.717, 1.165) is 5.65 Å². The molecule has 0 amide bonds. The number of nitrogens with zero attached hydrogens (tertiary/aromatic N) is 2. The average molecular weight is 178 g/mol. The van der Waals surface area contributed by atoms with E-state index in [0.29, 0.717) is 0 Å². The molecule has 2 heterocycles. The highest BCUT2D eigenvalue weighted by atomic mass is 32.2. The predicted octanol–water partition coefficient (Wildman–Crippen LogP) is 2.36. The van der Waals surface area contributed by atoms with Gasteiger partial charge in [-0.05, 0) is 25.3 Å². The maximum Gasteiger partial charge on any atom is 0.137 e. The van der Waals surface area contributed by atoms with Crippen LogP contribution in [0.3, 0.4) is 0 Å². The van der Waals surface area contributed by atoms with E-state index in [1.807, 2.05) is 6.20 Å². The highest BCUT2D eigenvalue weighted by Gasteiger charge is 1.98. The van der Waals surface area contributed by atoms with Crippen LogP contribution in [0.4, 0.5) is 0 Å². The van der Waals surface area contributed by atoms with Crippen molar-refractivity contribution >= 4 is 17.4 Å². The normalized spacial score (nSPS) is 10.8. The fourth-order valence-corrected chi connectivity index (χ4v) is 1.64. The van der Waals surface area contributed by atoms with Crippen LogP contribution in [0.1, 0.15) is 5.69 Å². The molecule has 0 unspecified atom stereocenters. The van der Waals surface area contributed by atoms with Gasteiger partial charge in [0, 0.05) is 23.0 Å². The summed E-state index contributed by atoms with van der Waals surface area (Å²) in [5.74, 6) is 0. The summed E-state index contributed by atoms with van der Waals surface area (Å²) in [5, 5.41) is 0. The second kappa shape index (κ2) is 2.83. The number of aromatic nitrogens is 2. The maximum atomic E-state index is 4.28. The molecule has 0 fully saturated rings. The van der Waals surface area contributed by atoms with E-state index >= 15 is 0 Å². The van der Waals surface area contributed by atoms with Crippen LogP contribution in [0.2, 0.25) is 0 Å². The minimum absolute atomic E-state index is 1.03. The molecule has 0 saturated heterocycles. The third-order valence-electron chi connectivity index (χ3n) is 1.91. The van der Waals surface area contributed by atoms with E-state index in [2.05, 4.69) is 40.9 Å². The van der Waals surface area contributed by atoms with Crippen LogP contribution < -0.4 is 0 Å². The van der Waals surface area contributed by atoms with Crippen LogP contribution in [0, 0.1) is 6.92 Å². The molecule has 2 nitrogen and oxygen atoms in total. The molecule has 0 radical (unpaired) electrons. The van der Waals surface area contributed by atoms with Crippen molar-refractivity contribution in [3.8, 4) is 0 Å². The van der Waals surface area contributed by atoms with E-state index in [-0.39, 0.29) is 0 Å². The Morgan fingerprint density at radius 2 is 2.33 bits per heavy atom. The molecular weight excluding hydrogens is 168 g/mol. The number of fused-ring (bicyclic) bond motifs is 1. The van der Waals surface area contributed by atoms with Crippen LogP contribution in [0.5, 0.6) is 0 Å². The predicted molar refractivity (Wildman–Crippen MR) is 51.7 cm³/mol. The van der Waals surface area contributed by atoms with Gasteiger partial charge in [0.1, 0.15) is 5.65 Å². The smallest absolute Gasteiger partial charge is 0.137 e. The minimum atomic E-state index is 1.03. The summed E-state index contributed by atoms with van der Waals surface area (Å²) in [7, 11) is 0. The van der Waals surface area contributed by atoms with E-state index < -0.39 is 0 Å². The standard InChI is InChI=1S/C9H10N2S/c1-7-6-10-9-5-8(12-2)3-4-11(7)9/h3-6H,1-2H3. The zero-order chi connectivity index (χ0) is 8.55. The molecule has 0 bridgehead atoms. The highest BCUT2D eigenvalue weighted by molar-refractivity contribution is 7.98. The molecule has 0 aliphatic rings. The largest absolute Gasteiger partial charge is 0.304 e. The van der Waals surface area contributed by atoms with Gasteiger partial charge in [0.2, 0.25) is 0 Å². The summed E-state index contributed by atoms with van der Waals surface area (Å²) in [6.07, 6.45) is 6.02. The summed E-state index contributed by atoms with van der Waals surface area (Å²) in [6.45, 7) is 2.05. The molecule has 0 N–H and O–H groups in total. The quantitative estimate of drug-likeness (QED) is 0.624. The Labute approximate surface area is 75.6 Å². The first-order valence-electron chi connectivity index (χ1n) is 3.79. The molecule has 3 heteroatoms. The summed E-state index contributed by atoms with van der Waals surface area (Å²) in [4.78, 5) is 5.53. The van der Waals surface area contributed by atoms with Crippen LogP contribution in [-0.2, 0) is 0 Å². The van der Waals surface area contributed by atoms with Crippen molar-refractivity contribution in [2.45, 2.75) is 11.8 Å². The Balaban J connectivity index is 2.69. The van der Waals surface area contributed by atoms with Crippen molar-refractivity contribution in [1.29, 1.82) is 0 Å². The number of pyridine rings is 1. The molecule has 2 rings (SSSR count). The Kier molecular flexibility index (Phi) is 1.81. The second-order valence-corrected chi connectivity index (χ2v) is 3.57. The van der Waals surface area contributed by atoms with Gasteiger partial charge >= 0.3 is 0 Å². The van der Waals surface area contributed by atoms with Gasteiger partial charge in [-0.25, -0.2) is 4.98 Å². The van der Waals surface area contributed by atoms with Gasteiger partial charge in [0.25, 0.3) is 0 Å². The fraction of sp³-hybridized carbons (Fsp3) is 0.222. The lowest BCUT2D eigenvalue weighted by Gasteiger charge is -1.98. The van der Waals surface area contributed by atoms with Gasteiger partial charge in [-0.3, -0.25) is 0 Å². The molecule has 2 aromatic heterocycles. The topological polar surface area (TPSA) is 17.3 Å². The second-order valence-electron chi connectivity index (χ2n) is 2.69. The zero-order valence-electron chi connectivity index (χ0n) is 7.11. The van der Waals surface area contributed by atoms with Gasteiger partial charge in [-0.2, -0.15) is 0 Å². The van der Waals surface area contributed by atoms with E-state index in [9.17, 15) is 0 Å². The number of hydrogen-bond donors (Lipinski definition) is 0. The van der Waals surface area contributed by atoms with Crippen molar-refractivity contribution < 1.29 is 0 Å². The number of thioether (sulfide) groups is 1. The van der Waals surface area contributed by atoms with Crippen LogP contribution in [0.15, 0.2) is 29.4 Å². The van der Waals surface area contributed by atoms with Gasteiger partial charge in [-0.15, -0.1) is 11.8 Å². The van der Waals surface area contributed by atoms with Gasteiger partial charge in [-0.1, -0.05) is 0 Å². The van der Waals surface area contributed by atoms with Crippen LogP contribution in [-0.4, -0.2) is 15.6 Å². The van der Waals surface area contributed by atoms with Crippen molar-refractivity contribution in [1.82, 2.24) is 9.38 Å². The van der Waals surface area contributed by atoms with Crippen molar-refractivity contribution in [3.05, 3.63) is 30.2 Å². The fourth-order valence-electron chi connectivity index (χ4n) is 1.22. The third kappa shape index (κ3) is 1.10. The number of rotatable bonds is 1. The van der Waals surface area contributed by atoms with Gasteiger partial charge in [0.05, 0.1) is 0 Å². The van der Waals surface area contributed by atoms with E-state index in [1.165, 1.54) is 10.6 Å². The molecule has 0 spiro atoms. The number of hydrogen-bond acceptors (Lipinski definition) is 2. The monoisotopic (exact) mass is 178 g/mol. The first-order chi connectivity index (χ1) is 5.81. The maximum absolute atomic E-state index is 4.28. The van der Waals surface area contributed by atoms with Crippen LogP contribution >= 0.6 is 11.8 Å². The van der Waals surface area contributed by atoms with E-state index in [4.69, 9.17) is 0 Å². The van der Waals surface area contributed by atoms with Crippen LogP contribution in [0.25, 0.3) is 5.65 Å². The molecule has 0 aromatic carbocycles. The Morgan fingerprint density at radius 3 is 3.08 bits per heavy atom. The molecule has 2 aromatic rings. The molecule has 0 saturated carbocycles. The number of aryl methyl sites for hydroxylation is 1. The lowest BCUT2D eigenvalue weighted by molar-refractivity contribution is 1.09. The summed E-state index contributed by atoms with van der Waals surface area (Å²) in [5.41, 5.74) is 2.21. The molecule has 12 heavy (non-hydrogen) atoms. The lowest BCUT2D eigenvalue weighted by Crippen LogP contribution is -1.85. The van der Waals surface area contributed by atoms with Crippen molar-refractivity contribution in [2.75, 3.05) is 6.26 Å². The Hall–Kier alpha value is -0.960. The zero-order valence-corrected chi connectivity index (χ0v) is 7.93. The molecule has 62 valence electrons. The third-order valence-corrected chi connectivity index (χ3v) is 2.63. The summed E-state index contributed by atoms with van der Waals surface area (Å²) < 4.78 is 2.08. The summed E-state index contributed by atoms with van der Waals surface area (Å²) >= 11 is 1.74. The minimum Gasteiger partial charge on any atom is -0.304 e. The van der Waals surface area contributed by atoms with Crippen molar-refractivity contribution in [3.63, 3.8) is 0 Å². The first kappa shape index (κ1) is 7.68. The van der Waals surface area contributed by atoms with Gasteiger partial charge in [0.15, 0.2) is 0 Å². The SMILES string of the molecule is CSc1ccn2c(C)cnc2c1. The molecule has 0 aliphatic heterocycles. The number of imidazole rings is 1. The van der Waals surface area contributed by atoms with Gasteiger partial charge < -0.3 is 4.40 Å². The first-order valence-corrected chi connectivity index (χ1v) is 5.01.